The third-order valence-corrected chi connectivity index (χ3v) is 5.28. The number of carboxylic acid groups (broad SMARTS) is 1. The molecule has 0 aliphatic rings. The van der Waals surface area contributed by atoms with Crippen molar-refractivity contribution in [1.29, 1.82) is 0 Å². The average molecular weight is 564 g/mol. The number of nitro benzene ring substituents is 2. The SMILES string of the molecule is CCCCN(CCOCC(=O)[O-])c1ccc(N)c(C)c1.Nc1c(Br)cc([N+](=O)[O-])cc1[N+](=O)[O-].[Na+]. The van der Waals surface area contributed by atoms with E-state index in [2.05, 4.69) is 27.8 Å². The van der Waals surface area contributed by atoms with E-state index in [1.54, 1.807) is 0 Å². The molecule has 12 nitrogen and oxygen atoms in total. The van der Waals surface area contributed by atoms with Gasteiger partial charge in [-0.15, -0.1) is 0 Å². The van der Waals surface area contributed by atoms with Gasteiger partial charge in [-0.05, 0) is 53.0 Å². The second-order valence-corrected chi connectivity index (χ2v) is 8.04. The molecule has 35 heavy (non-hydrogen) atoms. The third kappa shape index (κ3) is 11.2. The molecule has 0 saturated heterocycles. The molecule has 0 aliphatic heterocycles. The Kier molecular flexibility index (Phi) is 15.1. The summed E-state index contributed by atoms with van der Waals surface area (Å²) in [6.07, 6.45) is 2.17. The van der Waals surface area contributed by atoms with Gasteiger partial charge in [0.2, 0.25) is 0 Å². The number of aliphatic carboxylic acids is 1. The van der Waals surface area contributed by atoms with Crippen LogP contribution in [-0.4, -0.2) is 42.1 Å². The van der Waals surface area contributed by atoms with Crippen LogP contribution in [0.1, 0.15) is 25.3 Å². The second-order valence-electron chi connectivity index (χ2n) is 7.18. The normalized spacial score (nSPS) is 9.91. The van der Waals surface area contributed by atoms with E-state index in [0.29, 0.717) is 13.2 Å². The molecule has 2 aromatic rings. The van der Waals surface area contributed by atoms with Crippen LogP contribution in [-0.2, 0) is 9.53 Å². The second kappa shape index (κ2) is 16.3. The molecule has 2 aromatic carbocycles. The fourth-order valence-electron chi connectivity index (χ4n) is 2.75. The number of carbonyl (C=O) groups excluding carboxylic acids is 1. The van der Waals surface area contributed by atoms with Crippen molar-refractivity contribution in [2.45, 2.75) is 26.7 Å². The molecule has 2 rings (SSSR count). The van der Waals surface area contributed by atoms with Crippen molar-refractivity contribution in [3.63, 3.8) is 0 Å². The summed E-state index contributed by atoms with van der Waals surface area (Å²) >= 11 is 2.90. The van der Waals surface area contributed by atoms with Crippen LogP contribution in [0.25, 0.3) is 0 Å². The van der Waals surface area contributed by atoms with Crippen molar-refractivity contribution < 1.29 is 54.0 Å². The molecule has 0 saturated carbocycles. The van der Waals surface area contributed by atoms with Gasteiger partial charge in [0.05, 0.1) is 39.6 Å². The zero-order chi connectivity index (χ0) is 25.8. The molecule has 14 heteroatoms. The fourth-order valence-corrected chi connectivity index (χ4v) is 3.19. The Hall–Kier alpha value is -2.45. The Morgan fingerprint density at radius 1 is 1.11 bits per heavy atom. The van der Waals surface area contributed by atoms with Crippen molar-refractivity contribution in [2.24, 2.45) is 0 Å². The number of ether oxygens (including phenoxy) is 1. The number of hydrogen-bond donors (Lipinski definition) is 2. The van der Waals surface area contributed by atoms with Crippen LogP contribution in [0, 0.1) is 27.2 Å². The number of carbonyl (C=O) groups is 1. The number of rotatable bonds is 11. The monoisotopic (exact) mass is 563 g/mol. The van der Waals surface area contributed by atoms with E-state index in [4.69, 9.17) is 16.2 Å². The third-order valence-electron chi connectivity index (χ3n) is 4.63. The number of benzene rings is 2. The quantitative estimate of drug-likeness (QED) is 0.122. The molecule has 0 heterocycles. The number of nitrogen functional groups attached to an aromatic ring is 2. The minimum atomic E-state index is -1.19. The van der Waals surface area contributed by atoms with E-state index >= 15 is 0 Å². The Bertz CT molecular complexity index is 1030. The first-order chi connectivity index (χ1) is 16.0. The van der Waals surface area contributed by atoms with Gasteiger partial charge >= 0.3 is 29.6 Å². The van der Waals surface area contributed by atoms with E-state index in [9.17, 15) is 30.1 Å². The van der Waals surface area contributed by atoms with E-state index in [1.165, 1.54) is 0 Å². The first-order valence-corrected chi connectivity index (χ1v) is 11.0. The Morgan fingerprint density at radius 3 is 2.29 bits per heavy atom. The van der Waals surface area contributed by atoms with Crippen LogP contribution in [0.2, 0.25) is 0 Å². The molecule has 0 radical (unpaired) electrons. The summed E-state index contributed by atoms with van der Waals surface area (Å²) in [6, 6.07) is 7.86. The Morgan fingerprint density at radius 2 is 1.77 bits per heavy atom. The van der Waals surface area contributed by atoms with E-state index < -0.39 is 21.5 Å². The van der Waals surface area contributed by atoms with Crippen LogP contribution in [0.5, 0.6) is 0 Å². The van der Waals surface area contributed by atoms with Crippen molar-refractivity contribution in [3.05, 3.63) is 60.6 Å². The molecule has 0 unspecified atom stereocenters. The number of nitro groups is 2. The van der Waals surface area contributed by atoms with Gasteiger partial charge in [0, 0.05) is 30.5 Å². The first kappa shape index (κ1) is 32.5. The average Bonchev–Trinajstić information content (AvgIpc) is 2.77. The number of halogens is 1. The van der Waals surface area contributed by atoms with E-state index in [-0.39, 0.29) is 52.0 Å². The molecule has 0 aromatic heterocycles. The number of nitrogens with zero attached hydrogens (tertiary/aromatic N) is 3. The molecule has 0 aliphatic carbocycles. The predicted molar refractivity (Wildman–Crippen MR) is 130 cm³/mol. The zero-order valence-corrected chi connectivity index (χ0v) is 23.4. The number of hydrogen-bond acceptors (Lipinski definition) is 10. The molecule has 0 atom stereocenters. The molecule has 186 valence electrons. The van der Waals surface area contributed by atoms with Gasteiger partial charge in [-0.2, -0.15) is 0 Å². The molecule has 0 fully saturated rings. The van der Waals surface area contributed by atoms with Gasteiger partial charge in [0.1, 0.15) is 5.69 Å². The zero-order valence-electron chi connectivity index (χ0n) is 19.9. The fraction of sp³-hybridized carbons (Fsp3) is 0.381. The maximum atomic E-state index is 10.4. The van der Waals surface area contributed by atoms with Gasteiger partial charge in [-0.1, -0.05) is 13.3 Å². The molecule has 0 spiro atoms. The number of anilines is 3. The van der Waals surface area contributed by atoms with E-state index in [0.717, 1.165) is 48.5 Å². The number of carboxylic acids is 1. The smallest absolute Gasteiger partial charge is 0.548 e. The summed E-state index contributed by atoms with van der Waals surface area (Å²) in [6.45, 7) is 5.68. The van der Waals surface area contributed by atoms with Gasteiger partial charge in [0.15, 0.2) is 0 Å². The maximum Gasteiger partial charge on any atom is 1.00 e. The molecule has 0 amide bonds. The standard InChI is InChI=1S/C15H24N2O3.C6H4BrN3O4.Na/c1-3-4-7-17(8-9-20-11-15(18)19)13-5-6-14(16)12(2)10-13;7-4-1-3(9(11)12)2-5(6(4)8)10(13)14;/h5-6,10H,3-4,7-9,11,16H2,1-2H3,(H,18,19);1-2H,8H2;/q;;+1/p-1. The van der Waals surface area contributed by atoms with E-state index in [1.807, 2.05) is 25.1 Å². The summed E-state index contributed by atoms with van der Waals surface area (Å²) in [4.78, 5) is 31.8. The molecular formula is C21H27BrN5NaO7. The van der Waals surface area contributed by atoms with Crippen molar-refractivity contribution in [1.82, 2.24) is 0 Å². The van der Waals surface area contributed by atoms with Crippen LogP contribution in [0.15, 0.2) is 34.8 Å². The topological polar surface area (TPSA) is 191 Å². The summed E-state index contributed by atoms with van der Waals surface area (Å²) in [5.41, 5.74) is 13.1. The predicted octanol–water partition coefficient (Wildman–Crippen LogP) is -0.198. The van der Waals surface area contributed by atoms with Gasteiger partial charge in [-0.3, -0.25) is 20.2 Å². The van der Waals surface area contributed by atoms with Gasteiger partial charge in [-0.25, -0.2) is 0 Å². The Balaban J connectivity index is 0.000000680. The van der Waals surface area contributed by atoms with Crippen molar-refractivity contribution in [2.75, 3.05) is 42.7 Å². The van der Waals surface area contributed by atoms with Crippen molar-refractivity contribution >= 4 is 50.3 Å². The summed E-state index contributed by atoms with van der Waals surface area (Å²) in [5, 5.41) is 31.1. The molecule has 4 N–H and O–H groups in total. The Labute approximate surface area is 233 Å². The van der Waals surface area contributed by atoms with Crippen LogP contribution in [0.4, 0.5) is 28.4 Å². The maximum absolute atomic E-state index is 10.4. The molecular weight excluding hydrogens is 537 g/mol. The number of nitrogens with two attached hydrogens (primary N) is 2. The van der Waals surface area contributed by atoms with Crippen LogP contribution >= 0.6 is 15.9 Å². The van der Waals surface area contributed by atoms with Crippen LogP contribution < -0.4 is 51.0 Å². The van der Waals surface area contributed by atoms with Gasteiger partial charge < -0.3 is 31.0 Å². The number of unbranched alkanes of at least 4 members (excludes halogenated alkanes) is 1. The minimum Gasteiger partial charge on any atom is -0.548 e. The summed E-state index contributed by atoms with van der Waals surface area (Å²) in [7, 11) is 0. The largest absolute Gasteiger partial charge is 1.00 e. The van der Waals surface area contributed by atoms with Crippen LogP contribution in [0.3, 0.4) is 0 Å². The summed E-state index contributed by atoms with van der Waals surface area (Å²) in [5.74, 6) is -1.19. The first-order valence-electron chi connectivity index (χ1n) is 10.2. The number of non-ortho nitro benzene ring substituents is 1. The molecule has 0 bridgehead atoms. The summed E-state index contributed by atoms with van der Waals surface area (Å²) < 4.78 is 5.19. The van der Waals surface area contributed by atoms with Crippen molar-refractivity contribution in [3.8, 4) is 0 Å². The van der Waals surface area contributed by atoms with Gasteiger partial charge in [0.25, 0.3) is 11.4 Å². The minimum absolute atomic E-state index is 0. The number of aryl methyl sites for hydroxylation is 1.